The molecule has 0 N–H and O–H groups in total. The second-order valence-corrected chi connectivity index (χ2v) is 4.02. The first-order valence-electron chi connectivity index (χ1n) is 3.70. The maximum absolute atomic E-state index is 10.6. The molecule has 1 aliphatic rings. The first-order valence-corrected chi connectivity index (χ1v) is 4.84. The zero-order chi connectivity index (χ0) is 8.43. The van der Waals surface area contributed by atoms with E-state index in [1.807, 2.05) is 14.0 Å². The average Bonchev–Trinajstić information content (AvgIpc) is 1.94. The van der Waals surface area contributed by atoms with E-state index in [0.29, 0.717) is 19.1 Å². The van der Waals surface area contributed by atoms with Crippen LogP contribution in [0.4, 0.5) is 0 Å². The Labute approximate surface area is 68.9 Å². The maximum atomic E-state index is 10.6. The van der Waals surface area contributed by atoms with E-state index >= 15 is 0 Å². The van der Waals surface area contributed by atoms with Crippen LogP contribution in [0.2, 0.25) is 0 Å². The Bertz CT molecular complexity index is 197. The summed E-state index contributed by atoms with van der Waals surface area (Å²) in [5.74, 6) is 0. The van der Waals surface area contributed by atoms with Crippen LogP contribution >= 0.6 is 0 Å². The van der Waals surface area contributed by atoms with Crippen LogP contribution in [-0.4, -0.2) is 50.3 Å². The third-order valence-corrected chi connectivity index (χ3v) is 2.99. The van der Waals surface area contributed by atoms with Gasteiger partial charge in [0, 0.05) is 25.7 Å². The lowest BCUT2D eigenvalue weighted by atomic mass is 10.2. The summed E-state index contributed by atoms with van der Waals surface area (Å²) in [7, 11) is -0.344. The number of likely N-dealkylation sites (N-methyl/N-ethyl adjacent to an activating group) is 1. The smallest absolute Gasteiger partial charge is 0.204 e. The van der Waals surface area contributed by atoms with E-state index < -0.39 is 10.9 Å². The molecule has 1 aliphatic heterocycles. The van der Waals surface area contributed by atoms with Gasteiger partial charge in [0.2, 0.25) is 10.9 Å². The molecule has 1 rings (SSSR count). The molecule has 0 bridgehead atoms. The van der Waals surface area contributed by atoms with Crippen LogP contribution in [0.25, 0.3) is 0 Å². The molecule has 66 valence electrons. The van der Waals surface area contributed by atoms with Gasteiger partial charge < -0.3 is 4.90 Å². The fourth-order valence-electron chi connectivity index (χ4n) is 1.18. The number of piperazine rings is 1. The molecule has 0 aromatic rings. The van der Waals surface area contributed by atoms with Crippen molar-refractivity contribution in [1.82, 2.24) is 9.21 Å². The molecule has 0 spiro atoms. The van der Waals surface area contributed by atoms with Crippen molar-refractivity contribution in [1.29, 1.82) is 0 Å². The number of hydrogen-bond acceptors (Lipinski definition) is 3. The Kier molecular flexibility index (Phi) is 2.86. The van der Waals surface area contributed by atoms with E-state index in [9.17, 15) is 8.42 Å². The van der Waals surface area contributed by atoms with Crippen LogP contribution in [0.3, 0.4) is 0 Å². The van der Waals surface area contributed by atoms with E-state index in [-0.39, 0.29) is 0 Å². The Morgan fingerprint density at radius 3 is 2.45 bits per heavy atom. The van der Waals surface area contributed by atoms with Crippen molar-refractivity contribution in [3.05, 3.63) is 0 Å². The number of hydrogen-bond donors (Lipinski definition) is 1. The highest BCUT2D eigenvalue weighted by atomic mass is 32.2. The molecule has 0 saturated carbocycles. The standard InChI is InChI=1S/C6H14N2O2S/c1-6-5-8(11(9)10)4-3-7(6)2/h6,11H,3-5H2,1-2H3. The Balaban J connectivity index is 2.52. The average molecular weight is 178 g/mol. The van der Waals surface area contributed by atoms with Gasteiger partial charge in [0.25, 0.3) is 0 Å². The van der Waals surface area contributed by atoms with Crippen molar-refractivity contribution in [2.24, 2.45) is 0 Å². The zero-order valence-corrected chi connectivity index (χ0v) is 7.75. The van der Waals surface area contributed by atoms with Gasteiger partial charge in [-0.2, -0.15) is 0 Å². The predicted octanol–water partition coefficient (Wildman–Crippen LogP) is -0.851. The van der Waals surface area contributed by atoms with Crippen LogP contribution in [0.1, 0.15) is 6.92 Å². The highest BCUT2D eigenvalue weighted by molar-refractivity contribution is 7.69. The molecule has 0 aromatic carbocycles. The summed E-state index contributed by atoms with van der Waals surface area (Å²) in [6.07, 6.45) is 0. The molecule has 1 fully saturated rings. The van der Waals surface area contributed by atoms with Gasteiger partial charge in [-0.3, -0.25) is 0 Å². The lowest BCUT2D eigenvalue weighted by molar-refractivity contribution is 0.162. The normalized spacial score (nSPS) is 29.5. The Morgan fingerprint density at radius 2 is 2.00 bits per heavy atom. The molecule has 1 heterocycles. The predicted molar refractivity (Wildman–Crippen MR) is 44.0 cm³/mol. The van der Waals surface area contributed by atoms with Gasteiger partial charge in [-0.25, -0.2) is 12.7 Å². The van der Waals surface area contributed by atoms with Crippen LogP contribution in [0.15, 0.2) is 0 Å². The van der Waals surface area contributed by atoms with Gasteiger partial charge in [-0.05, 0) is 14.0 Å². The maximum Gasteiger partial charge on any atom is 0.204 e. The molecular formula is C6H14N2O2S. The molecular weight excluding hydrogens is 164 g/mol. The number of rotatable bonds is 1. The lowest BCUT2D eigenvalue weighted by Crippen LogP contribution is -2.49. The third-order valence-electron chi connectivity index (χ3n) is 2.17. The van der Waals surface area contributed by atoms with Gasteiger partial charge in [-0.1, -0.05) is 0 Å². The van der Waals surface area contributed by atoms with Crippen LogP contribution in [0.5, 0.6) is 0 Å². The highest BCUT2D eigenvalue weighted by Crippen LogP contribution is 2.05. The molecule has 0 aliphatic carbocycles. The molecule has 0 amide bonds. The van der Waals surface area contributed by atoms with E-state index in [1.54, 1.807) is 0 Å². The van der Waals surface area contributed by atoms with Gasteiger partial charge in [0.1, 0.15) is 0 Å². The van der Waals surface area contributed by atoms with Gasteiger partial charge in [0.15, 0.2) is 0 Å². The first kappa shape index (κ1) is 8.96. The Morgan fingerprint density at radius 1 is 1.36 bits per heavy atom. The van der Waals surface area contributed by atoms with Crippen LogP contribution in [-0.2, 0) is 10.9 Å². The van der Waals surface area contributed by atoms with Gasteiger partial charge >= 0.3 is 0 Å². The monoisotopic (exact) mass is 178 g/mol. The van der Waals surface area contributed by atoms with Gasteiger partial charge in [-0.15, -0.1) is 0 Å². The third kappa shape index (κ3) is 2.15. The minimum absolute atomic E-state index is 0.344. The molecule has 5 heteroatoms. The summed E-state index contributed by atoms with van der Waals surface area (Å²) in [6.45, 7) is 4.14. The molecule has 1 atom stereocenters. The topological polar surface area (TPSA) is 40.6 Å². The van der Waals surface area contributed by atoms with Crippen molar-refractivity contribution in [3.63, 3.8) is 0 Å². The summed E-state index contributed by atoms with van der Waals surface area (Å²) in [4.78, 5) is 2.16. The first-order chi connectivity index (χ1) is 5.11. The fourth-order valence-corrected chi connectivity index (χ4v) is 1.80. The number of nitrogens with zero attached hydrogens (tertiary/aromatic N) is 2. The SMILES string of the molecule is CC1CN([SH](=O)=O)CCN1C. The van der Waals surface area contributed by atoms with Crippen molar-refractivity contribution in [3.8, 4) is 0 Å². The summed E-state index contributed by atoms with van der Waals surface area (Å²) in [5.41, 5.74) is 0. The molecule has 1 unspecified atom stereocenters. The quantitative estimate of drug-likeness (QED) is 0.532. The highest BCUT2D eigenvalue weighted by Gasteiger charge is 2.21. The second kappa shape index (κ2) is 3.51. The molecule has 0 aromatic heterocycles. The summed E-state index contributed by atoms with van der Waals surface area (Å²) >= 11 is 0. The molecule has 0 radical (unpaired) electrons. The minimum atomic E-state index is -2.36. The summed E-state index contributed by atoms with van der Waals surface area (Å²) in [6, 6.07) is 0.344. The van der Waals surface area contributed by atoms with Crippen molar-refractivity contribution < 1.29 is 8.42 Å². The van der Waals surface area contributed by atoms with Crippen LogP contribution < -0.4 is 0 Å². The van der Waals surface area contributed by atoms with E-state index in [2.05, 4.69) is 4.90 Å². The van der Waals surface area contributed by atoms with Crippen molar-refractivity contribution in [2.45, 2.75) is 13.0 Å². The summed E-state index contributed by atoms with van der Waals surface area (Å²) < 4.78 is 22.6. The van der Waals surface area contributed by atoms with Crippen LogP contribution in [0, 0.1) is 0 Å². The van der Waals surface area contributed by atoms with Crippen molar-refractivity contribution >= 4 is 10.9 Å². The molecule has 4 nitrogen and oxygen atoms in total. The fraction of sp³-hybridized carbons (Fsp3) is 1.00. The van der Waals surface area contributed by atoms with E-state index in [0.717, 1.165) is 6.54 Å². The number of thiol groups is 1. The molecule has 1 saturated heterocycles. The second-order valence-electron chi connectivity index (χ2n) is 2.98. The Hall–Kier alpha value is -0.130. The summed E-state index contributed by atoms with van der Waals surface area (Å²) in [5, 5.41) is 0. The van der Waals surface area contributed by atoms with Crippen molar-refractivity contribution in [2.75, 3.05) is 26.7 Å². The zero-order valence-electron chi connectivity index (χ0n) is 6.86. The minimum Gasteiger partial charge on any atom is -0.301 e. The van der Waals surface area contributed by atoms with E-state index in [4.69, 9.17) is 0 Å². The molecule has 11 heavy (non-hydrogen) atoms. The lowest BCUT2D eigenvalue weighted by Gasteiger charge is -2.34. The van der Waals surface area contributed by atoms with Gasteiger partial charge in [0.05, 0.1) is 0 Å². The largest absolute Gasteiger partial charge is 0.301 e. The van der Waals surface area contributed by atoms with E-state index in [1.165, 1.54) is 4.31 Å².